The van der Waals surface area contributed by atoms with Crippen LogP contribution in [0.1, 0.15) is 6.42 Å². The second kappa shape index (κ2) is 2.66. The van der Waals surface area contributed by atoms with Crippen molar-refractivity contribution in [3.8, 4) is 0 Å². The van der Waals surface area contributed by atoms with Crippen LogP contribution in [0.25, 0.3) is 0 Å². The predicted octanol–water partition coefficient (Wildman–Crippen LogP) is -0.603. The summed E-state index contributed by atoms with van der Waals surface area (Å²) in [6.45, 7) is 0.0119. The lowest BCUT2D eigenvalue weighted by Crippen LogP contribution is -2.21. The number of amides is 1. The highest BCUT2D eigenvalue weighted by Gasteiger charge is 2.25. The van der Waals surface area contributed by atoms with Gasteiger partial charge in [-0.05, 0) is 0 Å². The monoisotopic (exact) mass is 145 g/mol. The van der Waals surface area contributed by atoms with Crippen LogP contribution < -0.4 is 5.73 Å². The number of hydrogen-bond acceptors (Lipinski definition) is 4. The summed E-state index contributed by atoms with van der Waals surface area (Å²) in [5.74, 6) is -0.0775. The van der Waals surface area contributed by atoms with Crippen molar-refractivity contribution in [2.45, 2.75) is 12.7 Å². The number of ether oxygens (including phenoxy) is 2. The second-order valence-electron chi connectivity index (χ2n) is 1.92. The molecule has 0 aromatic carbocycles. The van der Waals surface area contributed by atoms with Crippen LogP contribution in [-0.4, -0.2) is 24.8 Å². The lowest BCUT2D eigenvalue weighted by molar-refractivity contribution is -0.118. The Kier molecular flexibility index (Phi) is 1.86. The molecular formula is C5H7NO4. The third-order valence-corrected chi connectivity index (χ3v) is 1.07. The molecule has 1 heterocycles. The summed E-state index contributed by atoms with van der Waals surface area (Å²) in [6, 6.07) is 0. The third-order valence-electron chi connectivity index (χ3n) is 1.07. The molecule has 0 aromatic heterocycles. The number of ketones is 1. The van der Waals surface area contributed by atoms with Crippen molar-refractivity contribution < 1.29 is 19.1 Å². The summed E-state index contributed by atoms with van der Waals surface area (Å²) < 4.78 is 9.08. The zero-order chi connectivity index (χ0) is 7.56. The van der Waals surface area contributed by atoms with Crippen molar-refractivity contribution in [2.24, 2.45) is 5.73 Å². The van der Waals surface area contributed by atoms with Crippen LogP contribution >= 0.6 is 0 Å². The van der Waals surface area contributed by atoms with Gasteiger partial charge in [-0.1, -0.05) is 0 Å². The zero-order valence-electron chi connectivity index (χ0n) is 5.20. The molecular weight excluding hydrogens is 138 g/mol. The highest BCUT2D eigenvalue weighted by molar-refractivity contribution is 5.81. The molecule has 1 aliphatic heterocycles. The quantitative estimate of drug-likeness (QED) is 0.534. The first-order valence-corrected chi connectivity index (χ1v) is 2.78. The Bertz CT molecular complexity index is 167. The van der Waals surface area contributed by atoms with Gasteiger partial charge in [-0.15, -0.1) is 0 Å². The molecule has 2 N–H and O–H groups in total. The molecule has 0 radical (unpaired) electrons. The molecule has 5 heteroatoms. The standard InChI is InChI=1S/C5H7NO4/c6-5(8)10-4-1-3(7)2-9-4/h4H,1-2H2,(H2,6,8). The van der Waals surface area contributed by atoms with E-state index in [1.165, 1.54) is 0 Å². The van der Waals surface area contributed by atoms with E-state index in [-0.39, 0.29) is 18.8 Å². The number of hydrogen-bond donors (Lipinski definition) is 1. The average molecular weight is 145 g/mol. The minimum atomic E-state index is -0.917. The van der Waals surface area contributed by atoms with Gasteiger partial charge in [0.05, 0.1) is 6.42 Å². The zero-order valence-corrected chi connectivity index (χ0v) is 5.20. The van der Waals surface area contributed by atoms with Crippen LogP contribution in [0, 0.1) is 0 Å². The molecule has 1 fully saturated rings. The van der Waals surface area contributed by atoms with Crippen LogP contribution in [0.2, 0.25) is 0 Å². The van der Waals surface area contributed by atoms with Crippen molar-refractivity contribution in [1.82, 2.24) is 0 Å². The molecule has 1 aliphatic rings. The van der Waals surface area contributed by atoms with Crippen LogP contribution in [0.15, 0.2) is 0 Å². The summed E-state index contributed by atoms with van der Waals surface area (Å²) >= 11 is 0. The fraction of sp³-hybridized carbons (Fsp3) is 0.600. The van der Waals surface area contributed by atoms with Gasteiger partial charge in [-0.25, -0.2) is 4.79 Å². The van der Waals surface area contributed by atoms with Gasteiger partial charge in [0.2, 0.25) is 6.29 Å². The predicted molar refractivity (Wildman–Crippen MR) is 30.0 cm³/mol. The smallest absolute Gasteiger partial charge is 0.406 e. The number of Topliss-reactive ketones (excluding diaryl/α,β-unsaturated/α-hetero) is 1. The van der Waals surface area contributed by atoms with Gasteiger partial charge in [0.25, 0.3) is 0 Å². The molecule has 1 saturated heterocycles. The van der Waals surface area contributed by atoms with E-state index in [1.54, 1.807) is 0 Å². The SMILES string of the molecule is NC(=O)OC1CC(=O)CO1. The highest BCUT2D eigenvalue weighted by atomic mass is 16.7. The number of carbonyl (C=O) groups excluding carboxylic acids is 2. The highest BCUT2D eigenvalue weighted by Crippen LogP contribution is 2.09. The van der Waals surface area contributed by atoms with E-state index in [2.05, 4.69) is 10.5 Å². The minimum absolute atomic E-state index is 0.0119. The maximum atomic E-state index is 10.5. The van der Waals surface area contributed by atoms with Gasteiger partial charge in [0, 0.05) is 0 Å². The minimum Gasteiger partial charge on any atom is -0.419 e. The first kappa shape index (κ1) is 7.01. The molecule has 0 spiro atoms. The Balaban J connectivity index is 2.31. The van der Waals surface area contributed by atoms with E-state index in [0.717, 1.165) is 0 Å². The number of rotatable bonds is 1. The molecule has 5 nitrogen and oxygen atoms in total. The molecule has 0 saturated carbocycles. The van der Waals surface area contributed by atoms with E-state index in [0.29, 0.717) is 0 Å². The van der Waals surface area contributed by atoms with Crippen molar-refractivity contribution in [2.75, 3.05) is 6.61 Å². The first-order valence-electron chi connectivity index (χ1n) is 2.78. The van der Waals surface area contributed by atoms with Gasteiger partial charge in [0.15, 0.2) is 5.78 Å². The first-order chi connectivity index (χ1) is 4.68. The fourth-order valence-corrected chi connectivity index (χ4v) is 0.695. The topological polar surface area (TPSA) is 78.6 Å². The van der Waals surface area contributed by atoms with Crippen molar-refractivity contribution >= 4 is 11.9 Å². The Morgan fingerprint density at radius 3 is 2.90 bits per heavy atom. The van der Waals surface area contributed by atoms with Crippen molar-refractivity contribution in [3.05, 3.63) is 0 Å². The Morgan fingerprint density at radius 2 is 2.50 bits per heavy atom. The number of carbonyl (C=O) groups is 2. The molecule has 0 bridgehead atoms. The van der Waals surface area contributed by atoms with Crippen molar-refractivity contribution in [1.29, 1.82) is 0 Å². The molecule has 56 valence electrons. The van der Waals surface area contributed by atoms with Gasteiger partial charge >= 0.3 is 6.09 Å². The van der Waals surface area contributed by atoms with Gasteiger partial charge in [-0.3, -0.25) is 4.79 Å². The summed E-state index contributed by atoms with van der Waals surface area (Å²) in [6.07, 6.45) is -1.56. The van der Waals surface area contributed by atoms with Gasteiger partial charge in [0.1, 0.15) is 6.61 Å². The van der Waals surface area contributed by atoms with Crippen molar-refractivity contribution in [3.63, 3.8) is 0 Å². The van der Waals surface area contributed by atoms with E-state index < -0.39 is 12.4 Å². The summed E-state index contributed by atoms with van der Waals surface area (Å²) in [7, 11) is 0. The molecule has 1 unspecified atom stereocenters. The lowest BCUT2D eigenvalue weighted by Gasteiger charge is -2.05. The maximum absolute atomic E-state index is 10.5. The van der Waals surface area contributed by atoms with Gasteiger partial charge < -0.3 is 15.2 Å². The number of nitrogens with two attached hydrogens (primary N) is 1. The molecule has 1 amide bonds. The van der Waals surface area contributed by atoms with E-state index >= 15 is 0 Å². The van der Waals surface area contributed by atoms with E-state index in [1.807, 2.05) is 0 Å². The molecule has 1 atom stereocenters. The molecule has 10 heavy (non-hydrogen) atoms. The second-order valence-corrected chi connectivity index (χ2v) is 1.92. The lowest BCUT2D eigenvalue weighted by atomic mass is 10.3. The Morgan fingerprint density at radius 1 is 1.80 bits per heavy atom. The summed E-state index contributed by atoms with van der Waals surface area (Å²) in [5.41, 5.74) is 4.67. The van der Waals surface area contributed by atoms with E-state index in [9.17, 15) is 9.59 Å². The molecule has 1 rings (SSSR count). The number of primary amides is 1. The van der Waals surface area contributed by atoms with Crippen LogP contribution in [0.3, 0.4) is 0 Å². The van der Waals surface area contributed by atoms with Gasteiger partial charge in [-0.2, -0.15) is 0 Å². The fourth-order valence-electron chi connectivity index (χ4n) is 0.695. The molecule has 0 aliphatic carbocycles. The van der Waals surface area contributed by atoms with Crippen LogP contribution in [0.4, 0.5) is 4.79 Å². The normalized spacial score (nSPS) is 24.8. The maximum Gasteiger partial charge on any atom is 0.406 e. The van der Waals surface area contributed by atoms with Crippen LogP contribution in [-0.2, 0) is 14.3 Å². The summed E-state index contributed by atoms with van der Waals surface area (Å²) in [4.78, 5) is 20.5. The van der Waals surface area contributed by atoms with E-state index in [4.69, 9.17) is 4.74 Å². The molecule has 0 aromatic rings. The Labute approximate surface area is 57.1 Å². The largest absolute Gasteiger partial charge is 0.419 e. The third kappa shape index (κ3) is 1.70. The average Bonchev–Trinajstić information content (AvgIpc) is 2.13. The summed E-state index contributed by atoms with van der Waals surface area (Å²) in [5, 5.41) is 0. The Hall–Kier alpha value is -1.10. The van der Waals surface area contributed by atoms with Crippen LogP contribution in [0.5, 0.6) is 0 Å².